The number of rotatable bonds is 2. The van der Waals surface area contributed by atoms with E-state index in [9.17, 15) is 9.59 Å². The first-order valence-electron chi connectivity index (χ1n) is 9.87. The van der Waals surface area contributed by atoms with Crippen molar-refractivity contribution in [3.63, 3.8) is 0 Å². The molecule has 0 spiro atoms. The van der Waals surface area contributed by atoms with Crippen LogP contribution in [0.15, 0.2) is 18.2 Å². The van der Waals surface area contributed by atoms with Crippen LogP contribution in [0.1, 0.15) is 69.9 Å². The fourth-order valence-electron chi connectivity index (χ4n) is 6.13. The first kappa shape index (κ1) is 18.1. The quantitative estimate of drug-likeness (QED) is 0.534. The Labute approximate surface area is 160 Å². The minimum atomic E-state index is -0.257. The first-order chi connectivity index (χ1) is 12.4. The van der Waals surface area contributed by atoms with E-state index in [0.717, 1.165) is 18.3 Å². The Hall–Kier alpha value is -1.29. The highest BCUT2D eigenvalue weighted by Gasteiger charge is 2.55. The molecule has 0 bridgehead atoms. The lowest BCUT2D eigenvalue weighted by Crippen LogP contribution is -2.43. The number of ether oxygens (including phenoxy) is 1. The smallest absolute Gasteiger partial charge is 0.308 e. The molecule has 26 heavy (non-hydrogen) atoms. The Kier molecular flexibility index (Phi) is 4.66. The topological polar surface area (TPSA) is 43.4 Å². The molecule has 4 rings (SSSR count). The van der Waals surface area contributed by atoms with Crippen molar-refractivity contribution in [3.8, 4) is 5.75 Å². The van der Waals surface area contributed by atoms with Crippen LogP contribution in [0.25, 0.3) is 0 Å². The van der Waals surface area contributed by atoms with Gasteiger partial charge in [0.05, 0.1) is 0 Å². The number of esters is 1. The number of aryl methyl sites for hydroxylation is 1. The van der Waals surface area contributed by atoms with E-state index in [1.807, 2.05) is 6.07 Å². The second-order valence-corrected chi connectivity index (χ2v) is 9.97. The summed E-state index contributed by atoms with van der Waals surface area (Å²) in [5, 5.41) is 0.768. The second kappa shape index (κ2) is 6.70. The molecule has 140 valence electrons. The zero-order valence-corrected chi connectivity index (χ0v) is 16.7. The summed E-state index contributed by atoms with van der Waals surface area (Å²) < 4.78 is 5.28. The van der Waals surface area contributed by atoms with Crippen molar-refractivity contribution in [2.45, 2.75) is 70.5 Å². The van der Waals surface area contributed by atoms with E-state index < -0.39 is 0 Å². The van der Waals surface area contributed by atoms with Gasteiger partial charge < -0.3 is 4.74 Å². The number of carbonyl (C=O) groups excluding carboxylic acids is 2. The van der Waals surface area contributed by atoms with Gasteiger partial charge >= 0.3 is 5.97 Å². The Bertz CT molecular complexity index is 743. The van der Waals surface area contributed by atoms with Gasteiger partial charge in [-0.25, -0.2) is 0 Å². The number of benzene rings is 1. The fourth-order valence-corrected chi connectivity index (χ4v) is 7.35. The average Bonchev–Trinajstić information content (AvgIpc) is 2.90. The Morgan fingerprint density at radius 3 is 2.69 bits per heavy atom. The number of hydrogen-bond acceptors (Lipinski definition) is 4. The van der Waals surface area contributed by atoms with Gasteiger partial charge in [0.2, 0.25) is 0 Å². The summed E-state index contributed by atoms with van der Waals surface area (Å²) in [6.07, 6.45) is 7.18. The van der Waals surface area contributed by atoms with Gasteiger partial charge in [0, 0.05) is 19.1 Å². The average molecular weight is 373 g/mol. The van der Waals surface area contributed by atoms with Crippen molar-refractivity contribution in [1.82, 2.24) is 0 Å². The predicted octanol–water partition coefficient (Wildman–Crippen LogP) is 5.12. The highest BCUT2D eigenvalue weighted by atomic mass is 32.2. The van der Waals surface area contributed by atoms with Crippen molar-refractivity contribution in [2.75, 3.05) is 0 Å². The fraction of sp³-hybridized carbons (Fsp3) is 0.636. The number of fused-ring (bicyclic) bond motifs is 5. The van der Waals surface area contributed by atoms with Crippen LogP contribution >= 0.6 is 11.8 Å². The van der Waals surface area contributed by atoms with Crippen molar-refractivity contribution in [3.05, 3.63) is 29.3 Å². The van der Waals surface area contributed by atoms with Crippen LogP contribution in [0.4, 0.5) is 0 Å². The van der Waals surface area contributed by atoms with Gasteiger partial charge in [-0.05, 0) is 85.0 Å². The van der Waals surface area contributed by atoms with Crippen LogP contribution in [0.3, 0.4) is 0 Å². The van der Waals surface area contributed by atoms with Crippen LogP contribution in [-0.4, -0.2) is 16.3 Å². The van der Waals surface area contributed by atoms with Gasteiger partial charge in [-0.3, -0.25) is 9.59 Å². The lowest BCUT2D eigenvalue weighted by Gasteiger charge is -2.50. The van der Waals surface area contributed by atoms with Gasteiger partial charge in [-0.1, -0.05) is 24.8 Å². The van der Waals surface area contributed by atoms with E-state index in [1.54, 1.807) is 18.7 Å². The van der Waals surface area contributed by atoms with Crippen LogP contribution in [0, 0.1) is 17.3 Å². The molecule has 2 saturated carbocycles. The Morgan fingerprint density at radius 1 is 1.15 bits per heavy atom. The normalized spacial score (nSPS) is 35.2. The molecule has 0 saturated heterocycles. The van der Waals surface area contributed by atoms with Gasteiger partial charge in [0.15, 0.2) is 5.12 Å². The summed E-state index contributed by atoms with van der Waals surface area (Å²) in [6, 6.07) is 6.23. The Balaban J connectivity index is 1.58. The molecule has 1 unspecified atom stereocenters. The van der Waals surface area contributed by atoms with E-state index in [2.05, 4.69) is 19.1 Å². The molecule has 1 aromatic rings. The number of carbonyl (C=O) groups is 2. The monoisotopic (exact) mass is 372 g/mol. The Morgan fingerprint density at radius 2 is 1.96 bits per heavy atom. The zero-order valence-electron chi connectivity index (χ0n) is 15.9. The third-order valence-corrected chi connectivity index (χ3v) is 8.57. The van der Waals surface area contributed by atoms with Crippen molar-refractivity contribution < 1.29 is 14.3 Å². The van der Waals surface area contributed by atoms with Crippen LogP contribution in [0.5, 0.6) is 5.75 Å². The third kappa shape index (κ3) is 3.00. The standard InChI is InChI=1S/C22H28O3S/c1-13(23)25-16-5-7-17-15(12-16)4-6-19-18(17)10-11-22(3)20(19)8-9-21(22)26-14(2)24/h5,7,12,18-21H,4,6,8-11H2,1-3H3/t18-,19-,20+,21?,22+/m1/s1. The lowest BCUT2D eigenvalue weighted by atomic mass is 9.56. The molecule has 3 aliphatic carbocycles. The minimum absolute atomic E-state index is 0.257. The molecule has 0 N–H and O–H groups in total. The van der Waals surface area contributed by atoms with Gasteiger partial charge in [0.1, 0.15) is 5.75 Å². The molecule has 5 atom stereocenters. The minimum Gasteiger partial charge on any atom is -0.427 e. The molecule has 3 nitrogen and oxygen atoms in total. The molecule has 1 aromatic carbocycles. The number of thioether (sulfide) groups is 1. The van der Waals surface area contributed by atoms with Crippen LogP contribution < -0.4 is 4.74 Å². The summed E-state index contributed by atoms with van der Waals surface area (Å²) >= 11 is 1.59. The molecule has 4 heteroatoms. The molecular formula is C22H28O3S. The molecule has 2 fully saturated rings. The maximum Gasteiger partial charge on any atom is 0.308 e. The van der Waals surface area contributed by atoms with Gasteiger partial charge in [-0.15, -0.1) is 0 Å². The summed E-state index contributed by atoms with van der Waals surface area (Å²) in [6.45, 7) is 5.61. The predicted molar refractivity (Wildman–Crippen MR) is 104 cm³/mol. The van der Waals surface area contributed by atoms with Gasteiger partial charge in [-0.2, -0.15) is 0 Å². The highest BCUT2D eigenvalue weighted by molar-refractivity contribution is 8.14. The summed E-state index contributed by atoms with van der Waals surface area (Å²) in [5.41, 5.74) is 3.15. The summed E-state index contributed by atoms with van der Waals surface area (Å²) in [7, 11) is 0. The summed E-state index contributed by atoms with van der Waals surface area (Å²) in [5.74, 6) is 2.52. The highest BCUT2D eigenvalue weighted by Crippen LogP contribution is 2.63. The van der Waals surface area contributed by atoms with Crippen molar-refractivity contribution in [1.29, 1.82) is 0 Å². The van der Waals surface area contributed by atoms with E-state index in [-0.39, 0.29) is 11.1 Å². The van der Waals surface area contributed by atoms with E-state index in [0.29, 0.717) is 22.3 Å². The third-order valence-electron chi connectivity index (χ3n) is 7.18. The second-order valence-electron chi connectivity index (χ2n) is 8.59. The molecule has 0 amide bonds. The maximum absolute atomic E-state index is 11.7. The largest absolute Gasteiger partial charge is 0.427 e. The van der Waals surface area contributed by atoms with Crippen LogP contribution in [0.2, 0.25) is 0 Å². The first-order valence-corrected chi connectivity index (χ1v) is 10.7. The van der Waals surface area contributed by atoms with Gasteiger partial charge in [0.25, 0.3) is 0 Å². The molecular weight excluding hydrogens is 344 g/mol. The van der Waals surface area contributed by atoms with E-state index in [4.69, 9.17) is 4.74 Å². The SMILES string of the molecule is CC(=O)Oc1ccc2c(c1)CC[C@@H]1[C@@H]2CC[C@]2(C)C(SC(C)=O)CC[C@@H]12. The molecule has 0 aromatic heterocycles. The molecule has 0 heterocycles. The maximum atomic E-state index is 11.7. The molecule has 0 radical (unpaired) electrons. The van der Waals surface area contributed by atoms with Crippen LogP contribution in [-0.2, 0) is 16.0 Å². The molecule has 0 aliphatic heterocycles. The van der Waals surface area contributed by atoms with Crippen molar-refractivity contribution in [2.24, 2.45) is 17.3 Å². The molecule has 3 aliphatic rings. The number of hydrogen-bond donors (Lipinski definition) is 0. The van der Waals surface area contributed by atoms with E-state index >= 15 is 0 Å². The van der Waals surface area contributed by atoms with E-state index in [1.165, 1.54) is 50.2 Å². The van der Waals surface area contributed by atoms with Crippen molar-refractivity contribution >= 4 is 22.8 Å². The lowest BCUT2D eigenvalue weighted by molar-refractivity contribution is -0.131. The summed E-state index contributed by atoms with van der Waals surface area (Å²) in [4.78, 5) is 22.9. The zero-order chi connectivity index (χ0) is 18.5.